The molecule has 5 aromatic carbocycles. The van der Waals surface area contributed by atoms with Gasteiger partial charge in [0.1, 0.15) is 0 Å². The zero-order chi connectivity index (χ0) is 36.6. The smallest absolute Gasteiger partial charge is 0.00120 e. The fourth-order valence-corrected chi connectivity index (χ4v) is 7.86. The minimum absolute atomic E-state index is 1.06. The van der Waals surface area contributed by atoms with Crippen LogP contribution in [0.25, 0.3) is 49.7 Å². The zero-order valence-corrected chi connectivity index (χ0v) is 32.4. The molecule has 0 amide bonds. The molecule has 5 aromatic rings. The Kier molecular flexibility index (Phi) is 11.9. The van der Waals surface area contributed by atoms with Gasteiger partial charge in [0.05, 0.1) is 0 Å². The summed E-state index contributed by atoms with van der Waals surface area (Å²) in [4.78, 5) is 0. The van der Waals surface area contributed by atoms with Crippen LogP contribution in [0.2, 0.25) is 0 Å². The number of hydrogen-bond acceptors (Lipinski definition) is 0. The summed E-state index contributed by atoms with van der Waals surface area (Å²) in [7, 11) is 0. The fourth-order valence-electron chi connectivity index (χ4n) is 7.86. The highest BCUT2D eigenvalue weighted by Crippen LogP contribution is 2.52. The molecule has 262 valence electrons. The molecule has 0 saturated heterocycles. The topological polar surface area (TPSA) is 0 Å². The average molecular weight is 679 g/mol. The van der Waals surface area contributed by atoms with E-state index in [9.17, 15) is 0 Å². The second-order valence-electron chi connectivity index (χ2n) is 13.7. The molecule has 0 saturated carbocycles. The average Bonchev–Trinajstić information content (AvgIpc) is 4.06. The van der Waals surface area contributed by atoms with Crippen molar-refractivity contribution in [3.8, 4) is 33.4 Å². The lowest BCUT2D eigenvalue weighted by molar-refractivity contribution is 1.10. The van der Waals surface area contributed by atoms with Gasteiger partial charge < -0.3 is 0 Å². The maximum Gasteiger partial charge on any atom is 0.00120 e. The van der Waals surface area contributed by atoms with Gasteiger partial charge in [0.15, 0.2) is 0 Å². The second kappa shape index (κ2) is 16.9. The van der Waals surface area contributed by atoms with Crippen molar-refractivity contribution in [2.75, 3.05) is 0 Å². The van der Waals surface area contributed by atoms with Crippen LogP contribution in [0, 0.1) is 6.92 Å². The van der Waals surface area contributed by atoms with Gasteiger partial charge in [0.25, 0.3) is 0 Å². The van der Waals surface area contributed by atoms with Crippen LogP contribution in [0.3, 0.4) is 0 Å². The normalized spacial score (nSPS) is 14.5. The lowest BCUT2D eigenvalue weighted by Gasteiger charge is -2.10. The van der Waals surface area contributed by atoms with E-state index in [0.717, 1.165) is 38.5 Å². The fraction of sp³-hybridized carbons (Fsp3) is 0.250. The second-order valence-corrected chi connectivity index (χ2v) is 13.7. The van der Waals surface area contributed by atoms with E-state index in [1.165, 1.54) is 94.3 Å². The summed E-state index contributed by atoms with van der Waals surface area (Å²) >= 11 is 0. The third-order valence-corrected chi connectivity index (χ3v) is 10.4. The van der Waals surface area contributed by atoms with Gasteiger partial charge in [-0.1, -0.05) is 161 Å². The predicted octanol–water partition coefficient (Wildman–Crippen LogP) is 15.1. The third kappa shape index (κ3) is 7.41. The van der Waals surface area contributed by atoms with E-state index in [1.54, 1.807) is 0 Å². The lowest BCUT2D eigenvalue weighted by Crippen LogP contribution is -1.86. The van der Waals surface area contributed by atoms with Gasteiger partial charge in [-0.3, -0.25) is 0 Å². The molecule has 0 radical (unpaired) electrons. The van der Waals surface area contributed by atoms with E-state index in [1.807, 2.05) is 27.7 Å². The van der Waals surface area contributed by atoms with Gasteiger partial charge in [-0.25, -0.2) is 0 Å². The number of hydrogen-bond donors (Lipinski definition) is 0. The van der Waals surface area contributed by atoms with Gasteiger partial charge in [0.2, 0.25) is 0 Å². The zero-order valence-electron chi connectivity index (χ0n) is 32.4. The molecule has 5 aliphatic carbocycles. The first-order chi connectivity index (χ1) is 25.6. The van der Waals surface area contributed by atoms with Crippen LogP contribution in [0.1, 0.15) is 95.0 Å². The van der Waals surface area contributed by atoms with Crippen molar-refractivity contribution >= 4 is 16.3 Å². The molecule has 0 nitrogen and oxygen atoms in total. The van der Waals surface area contributed by atoms with Crippen LogP contribution in [0.5, 0.6) is 0 Å². The van der Waals surface area contributed by atoms with Gasteiger partial charge in [0, 0.05) is 5.57 Å². The molecule has 0 heterocycles. The molecule has 0 atom stereocenters. The highest BCUT2D eigenvalue weighted by atomic mass is 14.3. The lowest BCUT2D eigenvalue weighted by atomic mass is 9.93. The Morgan fingerprint density at radius 3 is 2.04 bits per heavy atom. The van der Waals surface area contributed by atoms with E-state index in [2.05, 4.69) is 154 Å². The van der Waals surface area contributed by atoms with Crippen LogP contribution in [-0.2, 0) is 12.8 Å². The number of allylic oxidation sites excluding steroid dienone is 9. The highest BCUT2D eigenvalue weighted by Gasteiger charge is 2.28. The van der Waals surface area contributed by atoms with Crippen molar-refractivity contribution in [1.82, 2.24) is 0 Å². The Hall–Kier alpha value is -5.16. The predicted molar refractivity (Wildman–Crippen MR) is 229 cm³/mol. The Balaban J connectivity index is 0.000000144. The Morgan fingerprint density at radius 2 is 1.38 bits per heavy atom. The van der Waals surface area contributed by atoms with E-state index in [0.29, 0.717) is 0 Å². The summed E-state index contributed by atoms with van der Waals surface area (Å²) < 4.78 is 0. The summed E-state index contributed by atoms with van der Waals surface area (Å²) in [6.07, 6.45) is 19.9. The van der Waals surface area contributed by atoms with Gasteiger partial charge >= 0.3 is 0 Å². The highest BCUT2D eigenvalue weighted by molar-refractivity contribution is 6.20. The molecule has 0 unspecified atom stereocenters. The SMILES string of the molecule is CC.CC.CC1=CC=C(C2=CC=CC2)C1.CCc1ccc2c(c1)-c1c(cc3c4c(cccc14)-c1ccccc1-3)C2.Cc1ccc(C2=C=CCC2)cc1. The van der Waals surface area contributed by atoms with Gasteiger partial charge in [-0.2, -0.15) is 0 Å². The molecule has 5 aliphatic rings. The van der Waals surface area contributed by atoms with Crippen LogP contribution in [-0.4, -0.2) is 0 Å². The Morgan fingerprint density at radius 1 is 0.635 bits per heavy atom. The molecule has 0 fully saturated rings. The molecule has 0 aliphatic heterocycles. The summed E-state index contributed by atoms with van der Waals surface area (Å²) in [5.41, 5.74) is 24.7. The monoisotopic (exact) mass is 678 g/mol. The van der Waals surface area contributed by atoms with Crippen LogP contribution < -0.4 is 0 Å². The van der Waals surface area contributed by atoms with Crippen molar-refractivity contribution in [3.05, 3.63) is 178 Å². The summed E-state index contributed by atoms with van der Waals surface area (Å²) in [5, 5.41) is 2.87. The summed E-state index contributed by atoms with van der Waals surface area (Å²) in [5.74, 6) is 0. The van der Waals surface area contributed by atoms with E-state index in [-0.39, 0.29) is 0 Å². The molecule has 0 bridgehead atoms. The quantitative estimate of drug-likeness (QED) is 0.163. The van der Waals surface area contributed by atoms with Crippen LogP contribution in [0.15, 0.2) is 150 Å². The molecular formula is C52H54. The number of benzene rings is 5. The standard InChI is InChI=1S/C25H18.C12H12.C11H12.2C2H6/c1-2-15-10-11-16-13-17-14-23-19-7-4-3-6-18(19)20-8-5-9-21(25(20)23)24(17)22(16)12-15;1-10-6-8-12(9-7-10)11-4-2-3-5-11;1-9-6-7-11(8-9)10-4-2-3-5-10;2*1-2/h3-12,14H,2,13H2,1H3;2,6-9H,3,5H2,1H3;2-4,6-7H,5,8H2,1H3;2*1-2H3. The van der Waals surface area contributed by atoms with Crippen LogP contribution >= 0.6 is 0 Å². The van der Waals surface area contributed by atoms with E-state index >= 15 is 0 Å². The van der Waals surface area contributed by atoms with E-state index < -0.39 is 0 Å². The van der Waals surface area contributed by atoms with Crippen molar-refractivity contribution in [1.29, 1.82) is 0 Å². The Bertz CT molecular complexity index is 2270. The van der Waals surface area contributed by atoms with Gasteiger partial charge in [-0.05, 0) is 142 Å². The molecular weight excluding hydrogens is 625 g/mol. The van der Waals surface area contributed by atoms with Crippen LogP contribution in [0.4, 0.5) is 0 Å². The van der Waals surface area contributed by atoms with Gasteiger partial charge in [-0.15, -0.1) is 5.73 Å². The van der Waals surface area contributed by atoms with Crippen molar-refractivity contribution in [2.24, 2.45) is 0 Å². The van der Waals surface area contributed by atoms with Crippen molar-refractivity contribution < 1.29 is 0 Å². The molecule has 0 heteroatoms. The first kappa shape index (κ1) is 36.6. The van der Waals surface area contributed by atoms with Crippen molar-refractivity contribution in [3.63, 3.8) is 0 Å². The largest absolute Gasteiger partial charge is 0.121 e. The minimum Gasteiger partial charge on any atom is -0.121 e. The molecule has 0 aromatic heterocycles. The Labute approximate surface area is 313 Å². The number of fused-ring (bicyclic) bond motifs is 7. The third-order valence-electron chi connectivity index (χ3n) is 10.4. The molecule has 10 rings (SSSR count). The first-order valence-electron chi connectivity index (χ1n) is 19.6. The molecule has 0 N–H and O–H groups in total. The maximum absolute atomic E-state index is 3.28. The summed E-state index contributed by atoms with van der Waals surface area (Å²) in [6, 6.07) is 33.8. The summed E-state index contributed by atoms with van der Waals surface area (Å²) in [6.45, 7) is 14.5. The first-order valence-corrected chi connectivity index (χ1v) is 19.6. The molecule has 0 spiro atoms. The van der Waals surface area contributed by atoms with E-state index in [4.69, 9.17) is 0 Å². The maximum atomic E-state index is 3.28. The number of aryl methyl sites for hydroxylation is 2. The minimum atomic E-state index is 1.06. The molecule has 52 heavy (non-hydrogen) atoms. The number of rotatable bonds is 3. The van der Waals surface area contributed by atoms with Crippen molar-refractivity contribution in [2.45, 2.75) is 87.0 Å².